The molecule has 0 amide bonds. The first-order valence-corrected chi connectivity index (χ1v) is 11.0. The molecule has 4 fully saturated rings. The monoisotopic (exact) mass is 394 g/mol. The van der Waals surface area contributed by atoms with E-state index >= 15 is 0 Å². The lowest BCUT2D eigenvalue weighted by atomic mass is 9.52. The van der Waals surface area contributed by atoms with E-state index in [4.69, 9.17) is 10.5 Å². The number of nitrogens with one attached hydrogen (secondary N) is 1. The molecule has 0 heterocycles. The predicted molar refractivity (Wildman–Crippen MR) is 100 cm³/mol. The Bertz CT molecular complexity index is 853. The average molecular weight is 394 g/mol. The van der Waals surface area contributed by atoms with Gasteiger partial charge in [-0.3, -0.25) is 4.55 Å². The molecule has 4 aliphatic carbocycles. The highest BCUT2D eigenvalue weighted by Gasteiger charge is 2.55. The number of rotatable bonds is 5. The van der Waals surface area contributed by atoms with Crippen molar-refractivity contribution >= 4 is 21.8 Å². The van der Waals surface area contributed by atoms with E-state index in [1.54, 1.807) is 0 Å². The smallest absolute Gasteiger partial charge is 0.340 e. The van der Waals surface area contributed by atoms with Crippen molar-refractivity contribution in [1.82, 2.24) is 0 Å². The van der Waals surface area contributed by atoms with Crippen molar-refractivity contribution in [3.63, 3.8) is 0 Å². The fourth-order valence-electron chi connectivity index (χ4n) is 5.62. The lowest BCUT2D eigenvalue weighted by Gasteiger charge is -2.58. The second-order valence-electron chi connectivity index (χ2n) is 8.42. The second kappa shape index (κ2) is 6.46. The van der Waals surface area contributed by atoms with Gasteiger partial charge >= 0.3 is 5.97 Å². The molecule has 8 heteroatoms. The quantitative estimate of drug-likeness (QED) is 0.518. The standard InChI is InChI=1S/C19H26N2O5S/c1-2-21-16-4-3-14(27(23,24)25)7-15(16)18(22)26-17-12-5-11-6-13(17)10-19(20,8-11)9-12/h3-4,7,11-13,17,21H,2,5-6,8-10,20H2,1H3,(H,23,24,25). The number of esters is 1. The van der Waals surface area contributed by atoms with E-state index in [2.05, 4.69) is 5.32 Å². The van der Waals surface area contributed by atoms with Gasteiger partial charge in [-0.1, -0.05) is 0 Å². The molecule has 4 N–H and O–H groups in total. The molecule has 1 aromatic carbocycles. The van der Waals surface area contributed by atoms with Gasteiger partial charge in [0.2, 0.25) is 0 Å². The molecule has 4 aliphatic rings. The van der Waals surface area contributed by atoms with Gasteiger partial charge in [0, 0.05) is 17.8 Å². The van der Waals surface area contributed by atoms with E-state index in [9.17, 15) is 17.8 Å². The summed E-state index contributed by atoms with van der Waals surface area (Å²) in [7, 11) is -4.40. The van der Waals surface area contributed by atoms with Crippen molar-refractivity contribution in [3.05, 3.63) is 23.8 Å². The van der Waals surface area contributed by atoms with Gasteiger partial charge in [0.05, 0.1) is 10.5 Å². The van der Waals surface area contributed by atoms with Crippen molar-refractivity contribution < 1.29 is 22.5 Å². The SMILES string of the molecule is CCNc1ccc(S(=O)(=O)O)cc1C(=O)OC1C2CC3CC1CC(N)(C3)C2. The first-order valence-electron chi connectivity index (χ1n) is 9.54. The highest BCUT2D eigenvalue weighted by Crippen LogP contribution is 2.55. The third-order valence-corrected chi connectivity index (χ3v) is 7.20. The molecule has 0 radical (unpaired) electrons. The van der Waals surface area contributed by atoms with Crippen LogP contribution in [0.5, 0.6) is 0 Å². The maximum atomic E-state index is 12.9. The van der Waals surface area contributed by atoms with Crippen molar-refractivity contribution in [2.75, 3.05) is 11.9 Å². The molecule has 4 saturated carbocycles. The molecular weight excluding hydrogens is 368 g/mol. The van der Waals surface area contributed by atoms with Crippen molar-refractivity contribution in [2.45, 2.75) is 55.6 Å². The second-order valence-corrected chi connectivity index (χ2v) is 9.84. The van der Waals surface area contributed by atoms with Crippen LogP contribution in [0.4, 0.5) is 5.69 Å². The summed E-state index contributed by atoms with van der Waals surface area (Å²) >= 11 is 0. The minimum absolute atomic E-state index is 0.112. The Balaban J connectivity index is 1.59. The lowest BCUT2D eigenvalue weighted by molar-refractivity contribution is -0.109. The summed E-state index contributed by atoms with van der Waals surface area (Å²) in [5.74, 6) is 0.623. The summed E-state index contributed by atoms with van der Waals surface area (Å²) in [6.45, 7) is 2.45. The molecule has 0 aliphatic heterocycles. The number of nitrogens with two attached hydrogens (primary N) is 1. The highest BCUT2D eigenvalue weighted by molar-refractivity contribution is 7.85. The van der Waals surface area contributed by atoms with Crippen LogP contribution in [0.3, 0.4) is 0 Å². The van der Waals surface area contributed by atoms with Crippen molar-refractivity contribution in [1.29, 1.82) is 0 Å². The van der Waals surface area contributed by atoms with Crippen LogP contribution in [0.1, 0.15) is 49.4 Å². The van der Waals surface area contributed by atoms with Gasteiger partial charge < -0.3 is 15.8 Å². The summed E-state index contributed by atoms with van der Waals surface area (Å²) < 4.78 is 38.2. The Kier molecular flexibility index (Phi) is 4.48. The zero-order valence-electron chi connectivity index (χ0n) is 15.3. The Hall–Kier alpha value is -1.64. The zero-order chi connectivity index (χ0) is 19.4. The fraction of sp³-hybridized carbons (Fsp3) is 0.632. The van der Waals surface area contributed by atoms with Crippen LogP contribution in [0.25, 0.3) is 0 Å². The average Bonchev–Trinajstić information content (AvgIpc) is 2.56. The summed E-state index contributed by atoms with van der Waals surface area (Å²) in [6, 6.07) is 3.93. The Morgan fingerprint density at radius 2 is 1.96 bits per heavy atom. The zero-order valence-corrected chi connectivity index (χ0v) is 16.2. The van der Waals surface area contributed by atoms with Gasteiger partial charge in [-0.2, -0.15) is 8.42 Å². The molecule has 1 aromatic rings. The lowest BCUT2D eigenvalue weighted by Crippen LogP contribution is -2.61. The van der Waals surface area contributed by atoms with E-state index in [1.165, 1.54) is 18.2 Å². The molecule has 7 nitrogen and oxygen atoms in total. The Morgan fingerprint density at radius 1 is 1.30 bits per heavy atom. The van der Waals surface area contributed by atoms with Crippen LogP contribution in [-0.4, -0.2) is 37.1 Å². The van der Waals surface area contributed by atoms with Gasteiger partial charge in [-0.25, -0.2) is 4.79 Å². The Morgan fingerprint density at radius 3 is 2.52 bits per heavy atom. The predicted octanol–water partition coefficient (Wildman–Crippen LogP) is 2.43. The van der Waals surface area contributed by atoms with Gasteiger partial charge in [0.1, 0.15) is 6.10 Å². The van der Waals surface area contributed by atoms with Crippen LogP contribution in [0, 0.1) is 17.8 Å². The van der Waals surface area contributed by atoms with E-state index in [0.29, 0.717) is 18.2 Å². The first kappa shape index (κ1) is 18.7. The molecule has 27 heavy (non-hydrogen) atoms. The molecule has 0 saturated heterocycles. The summed E-state index contributed by atoms with van der Waals surface area (Å²) in [5, 5.41) is 3.05. The van der Waals surface area contributed by atoms with Crippen LogP contribution in [-0.2, 0) is 14.9 Å². The van der Waals surface area contributed by atoms with E-state index < -0.39 is 16.1 Å². The minimum atomic E-state index is -4.40. The van der Waals surface area contributed by atoms with Crippen molar-refractivity contribution in [2.24, 2.45) is 23.5 Å². The summed E-state index contributed by atoms with van der Waals surface area (Å²) in [5.41, 5.74) is 7.02. The van der Waals surface area contributed by atoms with Crippen LogP contribution in [0.2, 0.25) is 0 Å². The first-order chi connectivity index (χ1) is 12.7. The van der Waals surface area contributed by atoms with Crippen LogP contribution >= 0.6 is 0 Å². The topological polar surface area (TPSA) is 119 Å². The number of carbonyl (C=O) groups is 1. The van der Waals surface area contributed by atoms with E-state index in [-0.39, 0.29) is 33.9 Å². The van der Waals surface area contributed by atoms with E-state index in [0.717, 1.165) is 32.1 Å². The number of carbonyl (C=O) groups excluding carboxylic acids is 1. The molecule has 4 bridgehead atoms. The molecule has 148 valence electrons. The maximum absolute atomic E-state index is 12.9. The number of benzene rings is 1. The van der Waals surface area contributed by atoms with Gasteiger partial charge in [-0.15, -0.1) is 0 Å². The number of ether oxygens (including phenoxy) is 1. The number of anilines is 1. The molecular formula is C19H26N2O5S. The maximum Gasteiger partial charge on any atom is 0.340 e. The number of hydrogen-bond donors (Lipinski definition) is 3. The van der Waals surface area contributed by atoms with Crippen molar-refractivity contribution in [3.8, 4) is 0 Å². The molecule has 0 spiro atoms. The molecule has 5 rings (SSSR count). The third kappa shape index (κ3) is 3.46. The summed E-state index contributed by atoms with van der Waals surface area (Å²) in [6.07, 6.45) is 4.74. The minimum Gasteiger partial charge on any atom is -0.458 e. The van der Waals surface area contributed by atoms with Gasteiger partial charge in [0.15, 0.2) is 0 Å². The van der Waals surface area contributed by atoms with E-state index in [1.807, 2.05) is 6.92 Å². The third-order valence-electron chi connectivity index (χ3n) is 6.35. The Labute approximate surface area is 159 Å². The van der Waals surface area contributed by atoms with Gasteiger partial charge in [0.25, 0.3) is 10.1 Å². The van der Waals surface area contributed by atoms with Gasteiger partial charge in [-0.05, 0) is 75.0 Å². The molecule has 0 aromatic heterocycles. The van der Waals surface area contributed by atoms with Crippen LogP contribution < -0.4 is 11.1 Å². The molecule has 2 unspecified atom stereocenters. The normalized spacial score (nSPS) is 34.5. The molecule has 2 atom stereocenters. The fourth-order valence-corrected chi connectivity index (χ4v) is 6.12. The largest absolute Gasteiger partial charge is 0.458 e. The highest BCUT2D eigenvalue weighted by atomic mass is 32.2. The number of hydrogen-bond acceptors (Lipinski definition) is 6. The summed E-state index contributed by atoms with van der Waals surface area (Å²) in [4.78, 5) is 12.6. The van der Waals surface area contributed by atoms with Crippen LogP contribution in [0.15, 0.2) is 23.1 Å².